The molecule has 1 aliphatic carbocycles. The number of hydrogen-bond donors (Lipinski definition) is 4. The van der Waals surface area contributed by atoms with Gasteiger partial charge in [0.15, 0.2) is 17.9 Å². The summed E-state index contributed by atoms with van der Waals surface area (Å²) in [5.74, 6) is -9.32. The summed E-state index contributed by atoms with van der Waals surface area (Å²) in [5, 5.41) is 21.4. The van der Waals surface area contributed by atoms with Crippen molar-refractivity contribution in [1.82, 2.24) is 19.1 Å². The number of ether oxygens (including phenoxy) is 4. The van der Waals surface area contributed by atoms with Gasteiger partial charge in [0.05, 0.1) is 5.41 Å². The Hall–Kier alpha value is -6.98. The van der Waals surface area contributed by atoms with Gasteiger partial charge in [-0.25, -0.2) is 9.59 Å². The fourth-order valence-corrected chi connectivity index (χ4v) is 12.0. The molecule has 4 aromatic rings. The summed E-state index contributed by atoms with van der Waals surface area (Å²) in [4.78, 5) is 59.3. The highest BCUT2D eigenvalue weighted by Gasteiger charge is 2.61. The Kier molecular flexibility index (Phi) is 18.0. The maximum atomic E-state index is 15.0. The fourth-order valence-electron chi connectivity index (χ4n) is 11.7. The number of nitrogens with zero attached hydrogens (tertiary/aromatic N) is 6. The Morgan fingerprint density at radius 3 is 1.84 bits per heavy atom. The number of halogens is 5. The predicted octanol–water partition coefficient (Wildman–Crippen LogP) is 8.58. The van der Waals surface area contributed by atoms with Gasteiger partial charge in [0, 0.05) is 77.7 Å². The van der Waals surface area contributed by atoms with Crippen molar-refractivity contribution in [3.8, 4) is 0 Å². The van der Waals surface area contributed by atoms with Crippen molar-refractivity contribution < 1.29 is 60.9 Å². The quantitative estimate of drug-likeness (QED) is 0.0264. The van der Waals surface area contributed by atoms with Crippen LogP contribution < -0.4 is 27.7 Å². The lowest BCUT2D eigenvalue weighted by Gasteiger charge is -2.27. The highest BCUT2D eigenvalue weighted by Crippen LogP contribution is 2.49. The molecule has 83 heavy (non-hydrogen) atoms. The number of aromatic nitrogens is 4. The first kappa shape index (κ1) is 60.6. The van der Waals surface area contributed by atoms with Crippen LogP contribution in [0.1, 0.15) is 122 Å². The van der Waals surface area contributed by atoms with Crippen LogP contribution in [0.25, 0.3) is 0 Å². The predicted molar refractivity (Wildman–Crippen MR) is 303 cm³/mol. The van der Waals surface area contributed by atoms with Crippen molar-refractivity contribution in [3.05, 3.63) is 151 Å². The number of para-hydroxylation sites is 2. The first-order valence-corrected chi connectivity index (χ1v) is 28.3. The van der Waals surface area contributed by atoms with Gasteiger partial charge in [0.1, 0.15) is 43.6 Å². The number of nitrogens with two attached hydrogens (primary N) is 2. The van der Waals surface area contributed by atoms with Gasteiger partial charge in [-0.05, 0) is 99.8 Å². The van der Waals surface area contributed by atoms with E-state index in [1.807, 2.05) is 24.3 Å². The molecule has 6 N–H and O–H groups in total. The smallest absolute Gasteiger partial charge is 0.351 e. The molecule has 2 saturated heterocycles. The Bertz CT molecular complexity index is 3390. The lowest BCUT2D eigenvalue weighted by molar-refractivity contribution is -0.438. The van der Waals surface area contributed by atoms with E-state index in [1.54, 1.807) is 0 Å². The van der Waals surface area contributed by atoms with E-state index in [2.05, 4.69) is 95.7 Å². The summed E-state index contributed by atoms with van der Waals surface area (Å²) in [6.07, 6.45) is 4.71. The van der Waals surface area contributed by atoms with Crippen molar-refractivity contribution in [2.75, 3.05) is 42.7 Å². The lowest BCUT2D eigenvalue weighted by atomic mass is 9.81. The number of carbonyl (C=O) groups excluding carboxylic acids is 2. The third-order valence-electron chi connectivity index (χ3n) is 16.2. The van der Waals surface area contributed by atoms with Gasteiger partial charge in [-0.3, -0.25) is 18.7 Å². The van der Waals surface area contributed by atoms with Gasteiger partial charge in [-0.15, -0.1) is 0 Å². The number of alkyl halides is 4. The molecule has 6 heterocycles. The van der Waals surface area contributed by atoms with Crippen molar-refractivity contribution in [1.29, 1.82) is 0 Å². The molecule has 0 radical (unpaired) electrons. The van der Waals surface area contributed by atoms with Gasteiger partial charge in [0.25, 0.3) is 0 Å². The summed E-state index contributed by atoms with van der Waals surface area (Å²) < 4.78 is 84.6. The molecule has 23 heteroatoms. The number of nitrogen functional groups attached to an aromatic ring is 2. The van der Waals surface area contributed by atoms with Crippen LogP contribution in [0, 0.1) is 0 Å². The third-order valence-corrected chi connectivity index (χ3v) is 16.7. The van der Waals surface area contributed by atoms with E-state index in [0.717, 1.165) is 90.6 Å². The first-order chi connectivity index (χ1) is 39.4. The molecule has 0 saturated carbocycles. The minimum absolute atomic E-state index is 0.0221. The average Bonchev–Trinajstić information content (AvgIpc) is 2.40. The zero-order valence-electron chi connectivity index (χ0n) is 46.7. The van der Waals surface area contributed by atoms with Gasteiger partial charge in [-0.2, -0.15) is 32.1 Å². The summed E-state index contributed by atoms with van der Waals surface area (Å²) in [6, 6.07) is 18.9. The number of anilines is 3. The molecule has 18 nitrogen and oxygen atoms in total. The standard InChI is InChI=1S/C60H69ClF4N8O10/c1-57(2)38-18-9-11-20-40(38)70(30-13-5-7-22-48(74)80-34-42-51(76)59(62,63)53(82-42)72-32-28-46(66)68-55(72)78)44(57)26-24-36-16-15-17-37(50(36)61)25-27-45-58(3,4)39-19-10-12-21-41(39)71(45)31-14-6-8-23-49(75)81-35-43-52(77)60(64,65)54(83-43)73-33-29-47(67)69-56(73)79/h9-12,18-21,24-29,32-33,42-43,51-54,76-77H,5-8,13-17,22-23,30-31,34-35H2,1-4H3,(H3-,66,67,68,69,78,79)/p+1. The molecule has 0 bridgehead atoms. The number of allylic oxidation sites excluding steroid dienone is 8. The fraction of sp³-hybridized carbons (Fsp3) is 0.483. The molecule has 444 valence electrons. The van der Waals surface area contributed by atoms with Crippen LogP contribution >= 0.6 is 11.6 Å². The largest absolute Gasteiger partial charge is 0.463 e. The zero-order chi connectivity index (χ0) is 59.6. The van der Waals surface area contributed by atoms with E-state index < -0.39 is 85.2 Å². The van der Waals surface area contributed by atoms with Crippen LogP contribution in [-0.4, -0.2) is 114 Å². The number of rotatable bonds is 21. The molecular formula is C60H70ClF4N8O10+. The molecule has 6 atom stereocenters. The molecule has 2 fully saturated rings. The van der Waals surface area contributed by atoms with E-state index in [0.29, 0.717) is 52.9 Å². The third kappa shape index (κ3) is 12.5. The number of aliphatic hydroxyl groups excluding tert-OH is 2. The van der Waals surface area contributed by atoms with E-state index >= 15 is 17.6 Å². The molecule has 5 aliphatic rings. The Balaban J connectivity index is 0.798. The first-order valence-electron chi connectivity index (χ1n) is 28.0. The molecule has 4 aliphatic heterocycles. The second kappa shape index (κ2) is 24.7. The summed E-state index contributed by atoms with van der Waals surface area (Å²) in [6.45, 7) is 8.84. The van der Waals surface area contributed by atoms with E-state index in [-0.39, 0.29) is 35.3 Å². The number of esters is 2. The monoisotopic (exact) mass is 1170 g/mol. The van der Waals surface area contributed by atoms with Crippen LogP contribution in [0.15, 0.2) is 129 Å². The molecule has 2 aromatic carbocycles. The average molecular weight is 1170 g/mol. The number of unbranched alkanes of at least 4 members (excludes halogenated alkanes) is 4. The summed E-state index contributed by atoms with van der Waals surface area (Å²) in [5.41, 5.74) is 16.9. The molecule has 9 rings (SSSR count). The van der Waals surface area contributed by atoms with Gasteiger partial charge >= 0.3 is 35.2 Å². The van der Waals surface area contributed by atoms with Gasteiger partial charge in [-0.1, -0.05) is 80.4 Å². The van der Waals surface area contributed by atoms with Crippen molar-refractivity contribution in [2.24, 2.45) is 0 Å². The number of benzene rings is 2. The highest BCUT2D eigenvalue weighted by molar-refractivity contribution is 6.32. The minimum atomic E-state index is -3.87. The maximum absolute atomic E-state index is 15.0. The van der Waals surface area contributed by atoms with Crippen molar-refractivity contribution in [2.45, 2.75) is 158 Å². The SMILES string of the molecule is CC1(C)C(/C=C/C2=C(Cl)C(=C/C=C3/N(CCCCCC(=O)OCC4OC(n5ccc(N)nc5=O)C(F)(F)C4O)c4ccccc4C3(C)C)/CCC2)=[N+](CCCCCC(=O)OCC2OC(n3ccc(N)nc3=O)C(F)(F)C2O)c2ccccc21. The second-order valence-electron chi connectivity index (χ2n) is 22.6. The Morgan fingerprint density at radius 1 is 0.723 bits per heavy atom. The maximum Gasteiger partial charge on any atom is 0.351 e. The summed E-state index contributed by atoms with van der Waals surface area (Å²) in [7, 11) is 0. The number of carbonyl (C=O) groups is 2. The molecule has 0 spiro atoms. The minimum Gasteiger partial charge on any atom is -0.463 e. The molecule has 0 amide bonds. The second-order valence-corrected chi connectivity index (χ2v) is 23.0. The molecule has 6 unspecified atom stereocenters. The normalized spacial score (nSPS) is 25.0. The number of aliphatic hydroxyl groups is 2. The topological polar surface area (TPSA) is 240 Å². The van der Waals surface area contributed by atoms with Gasteiger partial charge < -0.3 is 45.5 Å². The number of hydrogen-bond acceptors (Lipinski definition) is 15. The van der Waals surface area contributed by atoms with Crippen LogP contribution in [0.2, 0.25) is 0 Å². The van der Waals surface area contributed by atoms with Crippen molar-refractivity contribution >= 4 is 52.3 Å². The zero-order valence-corrected chi connectivity index (χ0v) is 47.5. The summed E-state index contributed by atoms with van der Waals surface area (Å²) >= 11 is 7.32. The van der Waals surface area contributed by atoms with E-state index in [9.17, 15) is 29.4 Å². The van der Waals surface area contributed by atoms with Crippen LogP contribution in [0.3, 0.4) is 0 Å². The van der Waals surface area contributed by atoms with E-state index in [1.165, 1.54) is 11.1 Å². The van der Waals surface area contributed by atoms with Crippen LogP contribution in [0.4, 0.5) is 40.6 Å². The molecule has 2 aromatic heterocycles. The van der Waals surface area contributed by atoms with Crippen LogP contribution in [-0.2, 0) is 39.4 Å². The highest BCUT2D eigenvalue weighted by atomic mass is 35.5. The molecular weight excluding hydrogens is 1100 g/mol. The van der Waals surface area contributed by atoms with Crippen LogP contribution in [0.5, 0.6) is 0 Å². The number of fused-ring (bicyclic) bond motifs is 2. The van der Waals surface area contributed by atoms with Gasteiger partial charge in [0.2, 0.25) is 18.1 Å². The Labute approximate surface area is 482 Å². The van der Waals surface area contributed by atoms with E-state index in [4.69, 9.17) is 42.0 Å². The Morgan fingerprint density at radius 2 is 1.27 bits per heavy atom. The van der Waals surface area contributed by atoms with Crippen molar-refractivity contribution in [3.63, 3.8) is 0 Å². The lowest BCUT2D eigenvalue weighted by Crippen LogP contribution is -2.42.